The predicted octanol–water partition coefficient (Wildman–Crippen LogP) is 5.98. The second-order valence-corrected chi connectivity index (χ2v) is 7.43. The molecule has 0 unspecified atom stereocenters. The fourth-order valence-electron chi connectivity index (χ4n) is 4.12. The van der Waals surface area contributed by atoms with Crippen molar-refractivity contribution in [2.24, 2.45) is 17.6 Å². The first-order valence-corrected chi connectivity index (χ1v) is 10.0. The van der Waals surface area contributed by atoms with Gasteiger partial charge in [-0.15, -0.1) is 0 Å². The number of hydrogen-bond acceptors (Lipinski definition) is 1. The van der Waals surface area contributed by atoms with Gasteiger partial charge in [0.25, 0.3) is 0 Å². The minimum Gasteiger partial charge on any atom is -0.370 e. The first-order chi connectivity index (χ1) is 10.7. The topological polar surface area (TPSA) is 43.1 Å². The minimum atomic E-state index is -0.144. The van der Waals surface area contributed by atoms with E-state index in [0.29, 0.717) is 6.42 Å². The van der Waals surface area contributed by atoms with Crippen molar-refractivity contribution in [1.82, 2.24) is 0 Å². The molecule has 0 aromatic carbocycles. The largest absolute Gasteiger partial charge is 0.370 e. The highest BCUT2D eigenvalue weighted by Crippen LogP contribution is 2.38. The lowest BCUT2D eigenvalue weighted by molar-refractivity contribution is -0.118. The summed E-state index contributed by atoms with van der Waals surface area (Å²) in [6.07, 6.45) is 21.3. The van der Waals surface area contributed by atoms with Gasteiger partial charge in [-0.3, -0.25) is 4.79 Å². The van der Waals surface area contributed by atoms with Gasteiger partial charge < -0.3 is 5.73 Å². The lowest BCUT2D eigenvalue weighted by Crippen LogP contribution is -2.09. The molecule has 0 spiro atoms. The molecule has 1 saturated carbocycles. The summed E-state index contributed by atoms with van der Waals surface area (Å²) in [4.78, 5) is 10.7. The van der Waals surface area contributed by atoms with E-state index in [2.05, 4.69) is 6.92 Å². The van der Waals surface area contributed by atoms with E-state index >= 15 is 0 Å². The molecule has 1 amide bonds. The Morgan fingerprint density at radius 2 is 1.32 bits per heavy atom. The van der Waals surface area contributed by atoms with Crippen molar-refractivity contribution >= 4 is 5.91 Å². The lowest BCUT2D eigenvalue weighted by atomic mass is 9.86. The molecule has 1 fully saturated rings. The number of unbranched alkanes of at least 4 members (excludes halogenated alkanes) is 8. The molecule has 0 aromatic rings. The van der Waals surface area contributed by atoms with Gasteiger partial charge in [0.1, 0.15) is 0 Å². The molecule has 0 saturated heterocycles. The van der Waals surface area contributed by atoms with Crippen LogP contribution in [0.3, 0.4) is 0 Å². The van der Waals surface area contributed by atoms with Crippen LogP contribution in [-0.4, -0.2) is 5.91 Å². The van der Waals surface area contributed by atoms with E-state index < -0.39 is 0 Å². The van der Waals surface area contributed by atoms with Crippen LogP contribution in [0.25, 0.3) is 0 Å². The Labute approximate surface area is 138 Å². The average Bonchev–Trinajstić information content (AvgIpc) is 2.93. The van der Waals surface area contributed by atoms with E-state index in [-0.39, 0.29) is 5.91 Å². The molecule has 0 aromatic heterocycles. The minimum absolute atomic E-state index is 0.144. The van der Waals surface area contributed by atoms with Crippen molar-refractivity contribution in [2.75, 3.05) is 0 Å². The average molecular weight is 310 g/mol. The number of carbonyl (C=O) groups is 1. The van der Waals surface area contributed by atoms with Gasteiger partial charge >= 0.3 is 0 Å². The van der Waals surface area contributed by atoms with Gasteiger partial charge in [-0.2, -0.15) is 0 Å². The number of rotatable bonds is 14. The number of hydrogen-bond donors (Lipinski definition) is 1. The maximum absolute atomic E-state index is 10.7. The summed E-state index contributed by atoms with van der Waals surface area (Å²) in [5.41, 5.74) is 5.17. The molecular formula is C20H39NO. The van der Waals surface area contributed by atoms with E-state index in [1.807, 2.05) is 0 Å². The van der Waals surface area contributed by atoms with Crippen molar-refractivity contribution in [3.8, 4) is 0 Å². The quantitative estimate of drug-likeness (QED) is 0.394. The van der Waals surface area contributed by atoms with Gasteiger partial charge in [-0.1, -0.05) is 96.8 Å². The summed E-state index contributed by atoms with van der Waals surface area (Å²) >= 11 is 0. The van der Waals surface area contributed by atoms with Crippen LogP contribution >= 0.6 is 0 Å². The highest BCUT2D eigenvalue weighted by atomic mass is 16.1. The van der Waals surface area contributed by atoms with Crippen LogP contribution in [-0.2, 0) is 4.79 Å². The van der Waals surface area contributed by atoms with E-state index in [4.69, 9.17) is 5.73 Å². The molecule has 1 aliphatic carbocycles. The SMILES string of the molecule is CCCCCCCC[C@H]1CCC[C@@H]1CCCCCCC(N)=O. The smallest absolute Gasteiger partial charge is 0.217 e. The van der Waals surface area contributed by atoms with Crippen molar-refractivity contribution in [1.29, 1.82) is 0 Å². The molecule has 0 heterocycles. The fourth-order valence-corrected chi connectivity index (χ4v) is 4.12. The molecule has 1 aliphatic rings. The molecule has 130 valence electrons. The molecule has 2 atom stereocenters. The first kappa shape index (κ1) is 19.5. The molecule has 2 N–H and O–H groups in total. The maximum atomic E-state index is 10.7. The normalized spacial score (nSPS) is 21.3. The summed E-state index contributed by atoms with van der Waals surface area (Å²) in [6.45, 7) is 2.29. The number of carbonyl (C=O) groups excluding carboxylic acids is 1. The van der Waals surface area contributed by atoms with Gasteiger partial charge in [0.05, 0.1) is 0 Å². The molecular weight excluding hydrogens is 270 g/mol. The Kier molecular flexibility index (Phi) is 11.5. The summed E-state index contributed by atoms with van der Waals surface area (Å²) < 4.78 is 0. The summed E-state index contributed by atoms with van der Waals surface area (Å²) in [7, 11) is 0. The van der Waals surface area contributed by atoms with Gasteiger partial charge in [-0.05, 0) is 18.3 Å². The van der Waals surface area contributed by atoms with Gasteiger partial charge in [-0.25, -0.2) is 0 Å². The van der Waals surface area contributed by atoms with Crippen LogP contribution in [0.4, 0.5) is 0 Å². The first-order valence-electron chi connectivity index (χ1n) is 10.0. The molecule has 0 radical (unpaired) electrons. The summed E-state index contributed by atoms with van der Waals surface area (Å²) in [5.74, 6) is 1.89. The Hall–Kier alpha value is -0.530. The molecule has 1 rings (SSSR count). The van der Waals surface area contributed by atoms with Crippen LogP contribution in [0.5, 0.6) is 0 Å². The summed E-state index contributed by atoms with van der Waals surface area (Å²) in [6, 6.07) is 0. The highest BCUT2D eigenvalue weighted by molar-refractivity contribution is 5.73. The van der Waals surface area contributed by atoms with Crippen molar-refractivity contribution in [2.45, 2.75) is 110 Å². The second kappa shape index (κ2) is 13.0. The fraction of sp³-hybridized carbons (Fsp3) is 0.950. The number of primary amides is 1. The Bertz CT molecular complexity index is 277. The highest BCUT2D eigenvalue weighted by Gasteiger charge is 2.25. The second-order valence-electron chi connectivity index (χ2n) is 7.43. The van der Waals surface area contributed by atoms with Crippen molar-refractivity contribution < 1.29 is 4.79 Å². The van der Waals surface area contributed by atoms with Gasteiger partial charge in [0, 0.05) is 6.42 Å². The van der Waals surface area contributed by atoms with Crippen LogP contribution in [0.2, 0.25) is 0 Å². The van der Waals surface area contributed by atoms with E-state index in [0.717, 1.165) is 18.3 Å². The van der Waals surface area contributed by atoms with E-state index in [1.165, 1.54) is 89.9 Å². The van der Waals surface area contributed by atoms with Crippen LogP contribution in [0, 0.1) is 11.8 Å². The van der Waals surface area contributed by atoms with E-state index in [9.17, 15) is 4.79 Å². The zero-order valence-electron chi connectivity index (χ0n) is 15.0. The molecule has 0 bridgehead atoms. The van der Waals surface area contributed by atoms with Crippen molar-refractivity contribution in [3.63, 3.8) is 0 Å². The monoisotopic (exact) mass is 309 g/mol. The van der Waals surface area contributed by atoms with Crippen LogP contribution in [0.1, 0.15) is 110 Å². The Balaban J connectivity index is 1.99. The molecule has 22 heavy (non-hydrogen) atoms. The predicted molar refractivity (Wildman–Crippen MR) is 95.7 cm³/mol. The molecule has 2 heteroatoms. The number of nitrogens with two attached hydrogens (primary N) is 1. The number of amides is 1. The molecule has 0 aliphatic heterocycles. The van der Waals surface area contributed by atoms with E-state index in [1.54, 1.807) is 0 Å². The third-order valence-electron chi connectivity index (χ3n) is 5.49. The lowest BCUT2D eigenvalue weighted by Gasteiger charge is -2.19. The third-order valence-corrected chi connectivity index (χ3v) is 5.49. The van der Waals surface area contributed by atoms with Crippen LogP contribution < -0.4 is 5.73 Å². The van der Waals surface area contributed by atoms with Crippen LogP contribution in [0.15, 0.2) is 0 Å². The zero-order chi connectivity index (χ0) is 16.0. The van der Waals surface area contributed by atoms with Gasteiger partial charge in [0.2, 0.25) is 5.91 Å². The zero-order valence-corrected chi connectivity index (χ0v) is 15.0. The summed E-state index contributed by atoms with van der Waals surface area (Å²) in [5, 5.41) is 0. The Morgan fingerprint density at radius 3 is 1.86 bits per heavy atom. The Morgan fingerprint density at radius 1 is 0.818 bits per heavy atom. The maximum Gasteiger partial charge on any atom is 0.217 e. The molecule has 2 nitrogen and oxygen atoms in total. The third kappa shape index (κ3) is 9.48. The van der Waals surface area contributed by atoms with Gasteiger partial charge in [0.15, 0.2) is 0 Å². The van der Waals surface area contributed by atoms with Crippen molar-refractivity contribution in [3.05, 3.63) is 0 Å². The standard InChI is InChI=1S/C20H39NO/c1-2-3-4-5-6-9-13-18-15-12-16-19(18)14-10-7-8-11-17-20(21)22/h18-19H,2-17H2,1H3,(H2,21,22)/t18-,19-/m0/s1.